The van der Waals surface area contributed by atoms with Crippen LogP contribution in [0, 0.1) is 0 Å². The molecule has 1 unspecified atom stereocenters. The van der Waals surface area contributed by atoms with Crippen LogP contribution in [-0.2, 0) is 0 Å². The molecular weight excluding hydrogens is 251 g/mol. The van der Waals surface area contributed by atoms with Gasteiger partial charge in [-0.2, -0.15) is 4.39 Å². The average Bonchev–Trinajstić information content (AvgIpc) is 2.08. The number of pyridine rings is 1. The number of nitrogens with zero attached hydrogens (tertiary/aromatic N) is 1. The molecule has 0 aromatic carbocycles. The number of hydrogen-bond acceptors (Lipinski definition) is 2. The van der Waals surface area contributed by atoms with Crippen molar-refractivity contribution < 1.29 is 17.9 Å². The number of ether oxygens (including phenoxy) is 1. The van der Waals surface area contributed by atoms with Crippen molar-refractivity contribution in [2.75, 3.05) is 0 Å². The van der Waals surface area contributed by atoms with E-state index in [4.69, 9.17) is 0 Å². The highest BCUT2D eigenvalue weighted by atomic mass is 79.9. The molecule has 0 aliphatic heterocycles. The Kier molecular flexibility index (Phi) is 3.53. The number of halogens is 4. The topological polar surface area (TPSA) is 22.1 Å². The zero-order chi connectivity index (χ0) is 9.84. The van der Waals surface area contributed by atoms with E-state index < -0.39 is 12.8 Å². The summed E-state index contributed by atoms with van der Waals surface area (Å²) < 4.78 is 40.4. The molecule has 0 aliphatic carbocycles. The lowest BCUT2D eigenvalue weighted by Crippen LogP contribution is -2.19. The zero-order valence-corrected chi connectivity index (χ0v) is 7.84. The molecule has 0 amide bonds. The molecule has 1 aromatic rings. The van der Waals surface area contributed by atoms with Crippen molar-refractivity contribution in [1.29, 1.82) is 0 Å². The molecule has 0 spiro atoms. The maximum Gasteiger partial charge on any atom is 0.304 e. The fraction of sp³-hybridized carbons (Fsp3) is 0.286. The van der Waals surface area contributed by atoms with Crippen LogP contribution in [-0.4, -0.2) is 17.8 Å². The quantitative estimate of drug-likeness (QED) is 0.829. The van der Waals surface area contributed by atoms with E-state index in [0.29, 0.717) is 4.47 Å². The summed E-state index contributed by atoms with van der Waals surface area (Å²) in [6.07, 6.45) is -3.12. The Morgan fingerprint density at radius 1 is 1.38 bits per heavy atom. The van der Waals surface area contributed by atoms with Gasteiger partial charge in [-0.3, -0.25) is 4.98 Å². The van der Waals surface area contributed by atoms with E-state index in [9.17, 15) is 13.2 Å². The lowest BCUT2D eigenvalue weighted by molar-refractivity contribution is -0.0672. The van der Waals surface area contributed by atoms with Crippen molar-refractivity contribution in [1.82, 2.24) is 4.98 Å². The minimum Gasteiger partial charge on any atom is -0.453 e. The molecule has 72 valence electrons. The molecule has 1 rings (SSSR count). The van der Waals surface area contributed by atoms with Crippen molar-refractivity contribution in [3.8, 4) is 5.75 Å². The van der Waals surface area contributed by atoms with E-state index in [0.717, 1.165) is 0 Å². The van der Waals surface area contributed by atoms with Gasteiger partial charge in [-0.05, 0) is 22.0 Å². The lowest BCUT2D eigenvalue weighted by atomic mass is 10.4. The van der Waals surface area contributed by atoms with Crippen LogP contribution in [0.1, 0.15) is 0 Å². The highest BCUT2D eigenvalue weighted by Gasteiger charge is 2.21. The second kappa shape index (κ2) is 4.45. The van der Waals surface area contributed by atoms with Gasteiger partial charge in [0.2, 0.25) is 0 Å². The van der Waals surface area contributed by atoms with Crippen molar-refractivity contribution in [2.45, 2.75) is 12.8 Å². The van der Waals surface area contributed by atoms with Crippen LogP contribution in [0.15, 0.2) is 22.9 Å². The molecule has 0 saturated heterocycles. The van der Waals surface area contributed by atoms with Gasteiger partial charge >= 0.3 is 6.43 Å². The third kappa shape index (κ3) is 2.87. The first-order valence-electron chi connectivity index (χ1n) is 3.29. The van der Waals surface area contributed by atoms with Crippen LogP contribution in [0.2, 0.25) is 0 Å². The Bertz CT molecular complexity index is 284. The standard InChI is InChI=1S/C7H5BrF3NO/c8-4-3-12-2-1-5(4)13-7(11)6(9)10/h1-3,6-7H. The summed E-state index contributed by atoms with van der Waals surface area (Å²) in [5, 5.41) is 0. The lowest BCUT2D eigenvalue weighted by Gasteiger charge is -2.10. The molecule has 0 aliphatic rings. The largest absolute Gasteiger partial charge is 0.453 e. The van der Waals surface area contributed by atoms with Crippen LogP contribution < -0.4 is 4.74 Å². The molecule has 1 atom stereocenters. The second-order valence-electron chi connectivity index (χ2n) is 2.11. The van der Waals surface area contributed by atoms with Crippen molar-refractivity contribution >= 4 is 15.9 Å². The van der Waals surface area contributed by atoms with Gasteiger partial charge in [0.15, 0.2) is 0 Å². The highest BCUT2D eigenvalue weighted by molar-refractivity contribution is 9.10. The van der Waals surface area contributed by atoms with Gasteiger partial charge in [0.1, 0.15) is 5.75 Å². The van der Waals surface area contributed by atoms with Gasteiger partial charge in [0, 0.05) is 12.4 Å². The molecule has 1 heterocycles. The molecule has 0 saturated carbocycles. The number of rotatable bonds is 3. The average molecular weight is 256 g/mol. The Balaban J connectivity index is 2.69. The van der Waals surface area contributed by atoms with E-state index in [1.807, 2.05) is 0 Å². The zero-order valence-electron chi connectivity index (χ0n) is 6.25. The third-order valence-corrected chi connectivity index (χ3v) is 1.77. The van der Waals surface area contributed by atoms with Crippen LogP contribution in [0.5, 0.6) is 5.75 Å². The van der Waals surface area contributed by atoms with E-state index >= 15 is 0 Å². The van der Waals surface area contributed by atoms with Gasteiger partial charge in [-0.1, -0.05) is 0 Å². The Hall–Kier alpha value is -0.780. The van der Waals surface area contributed by atoms with Gasteiger partial charge in [-0.15, -0.1) is 0 Å². The van der Waals surface area contributed by atoms with E-state index in [2.05, 4.69) is 25.7 Å². The predicted molar refractivity (Wildman–Crippen MR) is 43.5 cm³/mol. The van der Waals surface area contributed by atoms with Crippen LogP contribution in [0.25, 0.3) is 0 Å². The highest BCUT2D eigenvalue weighted by Crippen LogP contribution is 2.25. The molecule has 0 radical (unpaired) electrons. The summed E-state index contributed by atoms with van der Waals surface area (Å²) in [6.45, 7) is 0. The molecule has 13 heavy (non-hydrogen) atoms. The van der Waals surface area contributed by atoms with Gasteiger partial charge < -0.3 is 4.74 Å². The Labute approximate surface area is 80.9 Å². The molecule has 6 heteroatoms. The van der Waals surface area contributed by atoms with Crippen molar-refractivity contribution in [3.05, 3.63) is 22.9 Å². The van der Waals surface area contributed by atoms with Crippen LogP contribution in [0.3, 0.4) is 0 Å². The minimum absolute atomic E-state index is 0.00259. The molecule has 0 bridgehead atoms. The SMILES string of the molecule is FC(F)C(F)Oc1ccncc1Br. The fourth-order valence-electron chi connectivity index (χ4n) is 0.631. The molecule has 0 N–H and O–H groups in total. The van der Waals surface area contributed by atoms with Gasteiger partial charge in [-0.25, -0.2) is 8.78 Å². The number of aromatic nitrogens is 1. The minimum atomic E-state index is -3.15. The van der Waals surface area contributed by atoms with E-state index in [1.165, 1.54) is 18.5 Å². The summed E-state index contributed by atoms with van der Waals surface area (Å²) in [5.41, 5.74) is 0. The van der Waals surface area contributed by atoms with Crippen LogP contribution in [0.4, 0.5) is 13.2 Å². The van der Waals surface area contributed by atoms with Crippen molar-refractivity contribution in [3.63, 3.8) is 0 Å². The summed E-state index contributed by atoms with van der Waals surface area (Å²) in [6, 6.07) is 1.29. The Morgan fingerprint density at radius 2 is 2.08 bits per heavy atom. The van der Waals surface area contributed by atoms with E-state index in [1.54, 1.807) is 0 Å². The number of alkyl halides is 3. The summed E-state index contributed by atoms with van der Waals surface area (Å²) in [5.74, 6) is 0.00259. The van der Waals surface area contributed by atoms with E-state index in [-0.39, 0.29) is 5.75 Å². The summed E-state index contributed by atoms with van der Waals surface area (Å²) >= 11 is 2.97. The smallest absolute Gasteiger partial charge is 0.304 e. The molecule has 0 fully saturated rings. The summed E-state index contributed by atoms with van der Waals surface area (Å²) in [7, 11) is 0. The number of hydrogen-bond donors (Lipinski definition) is 0. The summed E-state index contributed by atoms with van der Waals surface area (Å²) in [4.78, 5) is 3.66. The Morgan fingerprint density at radius 3 is 2.62 bits per heavy atom. The first-order chi connectivity index (χ1) is 6.11. The van der Waals surface area contributed by atoms with Crippen molar-refractivity contribution in [2.24, 2.45) is 0 Å². The first kappa shape index (κ1) is 10.3. The fourth-order valence-corrected chi connectivity index (χ4v) is 0.975. The van der Waals surface area contributed by atoms with Crippen LogP contribution >= 0.6 is 15.9 Å². The first-order valence-corrected chi connectivity index (χ1v) is 4.09. The molecule has 1 aromatic heterocycles. The monoisotopic (exact) mass is 255 g/mol. The molecule has 2 nitrogen and oxygen atoms in total. The third-order valence-electron chi connectivity index (χ3n) is 1.17. The predicted octanol–water partition coefficient (Wildman–Crippen LogP) is 2.78. The maximum atomic E-state index is 12.4. The van der Waals surface area contributed by atoms with Gasteiger partial charge in [0.05, 0.1) is 4.47 Å². The second-order valence-corrected chi connectivity index (χ2v) is 2.96. The normalized spacial score (nSPS) is 13.0. The van der Waals surface area contributed by atoms with Gasteiger partial charge in [0.25, 0.3) is 6.36 Å². The molecular formula is C7H5BrF3NO. The maximum absolute atomic E-state index is 12.4.